The van der Waals surface area contributed by atoms with Crippen LogP contribution in [0, 0.1) is 5.92 Å². The fourth-order valence-electron chi connectivity index (χ4n) is 5.50. The number of aromatic nitrogens is 2. The van der Waals surface area contributed by atoms with Crippen molar-refractivity contribution in [1.82, 2.24) is 36.5 Å². The maximum absolute atomic E-state index is 13.7. The molecule has 49 heavy (non-hydrogen) atoms. The molecule has 2 aliphatic heterocycles. The lowest BCUT2D eigenvalue weighted by atomic mass is 10.0. The van der Waals surface area contributed by atoms with E-state index in [4.69, 9.17) is 13.8 Å². The summed E-state index contributed by atoms with van der Waals surface area (Å²) in [6.07, 6.45) is 0.468. The van der Waals surface area contributed by atoms with Gasteiger partial charge in [-0.3, -0.25) is 24.0 Å². The van der Waals surface area contributed by atoms with Crippen LogP contribution in [0.1, 0.15) is 59.6 Å². The van der Waals surface area contributed by atoms with Gasteiger partial charge in [-0.15, -0.1) is 0 Å². The molecule has 0 aliphatic carbocycles. The van der Waals surface area contributed by atoms with E-state index in [-0.39, 0.29) is 55.6 Å². The summed E-state index contributed by atoms with van der Waals surface area (Å²) in [6, 6.07) is 9.10. The molecule has 262 valence electrons. The monoisotopic (exact) mass is 678 g/mol. The summed E-state index contributed by atoms with van der Waals surface area (Å²) >= 11 is 0. The van der Waals surface area contributed by atoms with Crippen LogP contribution in [-0.2, 0) is 32.1 Å². The number of carbonyl (C=O) groups is 5. The molecule has 2 aliphatic rings. The number of hydrogen-bond acceptors (Lipinski definition) is 11. The molecule has 0 radical (unpaired) electrons. The van der Waals surface area contributed by atoms with Crippen LogP contribution in [0.25, 0.3) is 0 Å². The summed E-state index contributed by atoms with van der Waals surface area (Å²) in [6.45, 7) is 7.41. The van der Waals surface area contributed by atoms with E-state index >= 15 is 0 Å². The van der Waals surface area contributed by atoms with Gasteiger partial charge in [-0.1, -0.05) is 54.5 Å². The maximum Gasteiger partial charge on any atom is 0.293 e. The number of morpholine rings is 1. The second kappa shape index (κ2) is 16.2. The third-order valence-electron chi connectivity index (χ3n) is 8.15. The highest BCUT2D eigenvalue weighted by Crippen LogP contribution is 2.19. The summed E-state index contributed by atoms with van der Waals surface area (Å²) in [4.78, 5) is 70.4. The van der Waals surface area contributed by atoms with Gasteiger partial charge < -0.3 is 44.9 Å². The van der Waals surface area contributed by atoms with Crippen LogP contribution in [0.2, 0.25) is 0 Å². The van der Waals surface area contributed by atoms with Crippen molar-refractivity contribution in [3.05, 3.63) is 65.2 Å². The van der Waals surface area contributed by atoms with Gasteiger partial charge in [0, 0.05) is 44.7 Å². The van der Waals surface area contributed by atoms with E-state index in [0.29, 0.717) is 32.1 Å². The van der Waals surface area contributed by atoms with E-state index in [1.165, 1.54) is 17.9 Å². The number of amides is 5. The standard InChI is InChI=1S/C33H42N8O8/c1-20(2)15-24-31(44)37-25(16-22-7-5-4-6-8-22)30(43)34-9-10-41(33(46)27-18-28(39-49-27)40-11-13-47-14-12-40)19-23-17-26(38-48-23)32(45)35-21(3)29(42)36-24/h4-8,17-18,20-21,24-25H,9-16,19H2,1-3H3,(H,34,43)(H,35,45)(H,36,42)(H,37,44)/t21-,24-,25-/m1/s1. The van der Waals surface area contributed by atoms with E-state index in [9.17, 15) is 24.0 Å². The summed E-state index contributed by atoms with van der Waals surface area (Å²) in [5.74, 6) is -2.16. The molecule has 0 saturated carbocycles. The zero-order valence-corrected chi connectivity index (χ0v) is 27.8. The molecule has 3 atom stereocenters. The summed E-state index contributed by atoms with van der Waals surface area (Å²) in [5, 5.41) is 18.8. The molecule has 1 saturated heterocycles. The first-order chi connectivity index (χ1) is 23.6. The molecule has 2 bridgehead atoms. The van der Waals surface area contributed by atoms with E-state index < -0.39 is 47.7 Å². The quantitative estimate of drug-likeness (QED) is 0.285. The van der Waals surface area contributed by atoms with Gasteiger partial charge in [-0.25, -0.2) is 0 Å². The third-order valence-corrected chi connectivity index (χ3v) is 8.15. The molecule has 5 amide bonds. The average Bonchev–Trinajstić information content (AvgIpc) is 3.78. The summed E-state index contributed by atoms with van der Waals surface area (Å²) in [7, 11) is 0. The first-order valence-electron chi connectivity index (χ1n) is 16.3. The Hall–Kier alpha value is -5.25. The topological polar surface area (TPSA) is 201 Å². The highest BCUT2D eigenvalue weighted by Gasteiger charge is 2.31. The molecule has 4 N–H and O–H groups in total. The largest absolute Gasteiger partial charge is 0.378 e. The van der Waals surface area contributed by atoms with Crippen LogP contribution in [0.15, 0.2) is 51.5 Å². The van der Waals surface area contributed by atoms with Crippen LogP contribution >= 0.6 is 0 Å². The Labute approximate surface area is 283 Å². The zero-order valence-electron chi connectivity index (χ0n) is 27.8. The molecule has 1 fully saturated rings. The van der Waals surface area contributed by atoms with Crippen molar-refractivity contribution in [3.8, 4) is 0 Å². The fourth-order valence-corrected chi connectivity index (χ4v) is 5.50. The predicted molar refractivity (Wildman–Crippen MR) is 174 cm³/mol. The van der Waals surface area contributed by atoms with Gasteiger partial charge in [0.15, 0.2) is 17.3 Å². The molecular formula is C33H42N8O8. The Morgan fingerprint density at radius 2 is 1.63 bits per heavy atom. The van der Waals surface area contributed by atoms with E-state index in [1.807, 2.05) is 49.1 Å². The van der Waals surface area contributed by atoms with E-state index in [2.05, 4.69) is 31.6 Å². The lowest BCUT2D eigenvalue weighted by Gasteiger charge is -2.26. The SMILES string of the molecule is CC(C)C[C@H]1NC(=O)[C@@H](C)NC(=O)c2cc(on2)CN(C(=O)c2cc(N3CCOCC3)no2)CCNC(=O)[C@@H](Cc2ccccc2)NC1=O. The molecule has 16 nitrogen and oxygen atoms in total. The second-order valence-electron chi connectivity index (χ2n) is 12.5. The highest BCUT2D eigenvalue weighted by atomic mass is 16.5. The fraction of sp³-hybridized carbons (Fsp3) is 0.485. The van der Waals surface area contributed by atoms with Gasteiger partial charge in [0.25, 0.3) is 11.8 Å². The lowest BCUT2D eigenvalue weighted by molar-refractivity contribution is -0.132. The molecule has 1 aromatic carbocycles. The van der Waals surface area contributed by atoms with Gasteiger partial charge in [0.1, 0.15) is 18.1 Å². The van der Waals surface area contributed by atoms with Crippen molar-refractivity contribution < 1.29 is 37.8 Å². The third kappa shape index (κ3) is 9.43. The molecule has 5 rings (SSSR count). The molecule has 16 heteroatoms. The number of benzene rings is 1. The Kier molecular flexibility index (Phi) is 11.6. The Bertz CT molecular complexity index is 1620. The minimum absolute atomic E-state index is 0.00133. The van der Waals surface area contributed by atoms with Gasteiger partial charge in [0.05, 0.1) is 19.8 Å². The van der Waals surface area contributed by atoms with Crippen molar-refractivity contribution in [3.63, 3.8) is 0 Å². The first kappa shape index (κ1) is 35.1. The van der Waals surface area contributed by atoms with Crippen molar-refractivity contribution in [1.29, 1.82) is 0 Å². The summed E-state index contributed by atoms with van der Waals surface area (Å²) in [5.41, 5.74) is 0.705. The van der Waals surface area contributed by atoms with E-state index in [0.717, 1.165) is 5.56 Å². The van der Waals surface area contributed by atoms with Crippen LogP contribution in [0.5, 0.6) is 0 Å². The minimum atomic E-state index is -1.04. The Balaban J connectivity index is 1.41. The first-order valence-corrected chi connectivity index (χ1v) is 16.3. The van der Waals surface area contributed by atoms with Gasteiger partial charge in [0.2, 0.25) is 23.5 Å². The van der Waals surface area contributed by atoms with Crippen molar-refractivity contribution in [2.75, 3.05) is 44.3 Å². The number of anilines is 1. The van der Waals surface area contributed by atoms with Crippen LogP contribution < -0.4 is 26.2 Å². The van der Waals surface area contributed by atoms with Gasteiger partial charge in [-0.2, -0.15) is 0 Å². The van der Waals surface area contributed by atoms with Crippen LogP contribution in [0.4, 0.5) is 5.82 Å². The average molecular weight is 679 g/mol. The minimum Gasteiger partial charge on any atom is -0.378 e. The van der Waals surface area contributed by atoms with E-state index in [1.54, 1.807) is 6.07 Å². The highest BCUT2D eigenvalue weighted by molar-refractivity contribution is 5.97. The normalized spacial score (nSPS) is 21.7. The Morgan fingerprint density at radius 3 is 2.37 bits per heavy atom. The number of fused-ring (bicyclic) bond motifs is 2. The predicted octanol–water partition coefficient (Wildman–Crippen LogP) is 0.648. The molecule has 4 heterocycles. The number of rotatable bonds is 6. The number of nitrogens with one attached hydrogen (secondary N) is 4. The zero-order chi connectivity index (χ0) is 34.9. The van der Waals surface area contributed by atoms with Gasteiger partial charge >= 0.3 is 0 Å². The smallest absolute Gasteiger partial charge is 0.293 e. The van der Waals surface area contributed by atoms with Crippen molar-refractivity contribution in [2.45, 2.75) is 58.3 Å². The molecular weight excluding hydrogens is 636 g/mol. The number of hydrogen-bond donors (Lipinski definition) is 4. The number of carbonyl (C=O) groups excluding carboxylic acids is 5. The van der Waals surface area contributed by atoms with Crippen LogP contribution in [0.3, 0.4) is 0 Å². The molecule has 2 aromatic heterocycles. The maximum atomic E-state index is 13.7. The molecule has 0 unspecified atom stereocenters. The summed E-state index contributed by atoms with van der Waals surface area (Å²) < 4.78 is 16.2. The van der Waals surface area contributed by atoms with Gasteiger partial charge in [-0.05, 0) is 24.8 Å². The number of nitrogens with zero attached hydrogens (tertiary/aromatic N) is 4. The second-order valence-corrected chi connectivity index (χ2v) is 12.5. The molecule has 0 spiro atoms. The van der Waals surface area contributed by atoms with Crippen molar-refractivity contribution in [2.24, 2.45) is 5.92 Å². The van der Waals surface area contributed by atoms with Crippen LogP contribution in [-0.4, -0.2) is 102 Å². The number of ether oxygens (including phenoxy) is 1. The lowest BCUT2D eigenvalue weighted by Crippen LogP contribution is -2.57. The Morgan fingerprint density at radius 1 is 0.898 bits per heavy atom. The van der Waals surface area contributed by atoms with Crippen molar-refractivity contribution >= 4 is 35.4 Å². The molecule has 3 aromatic rings.